The second-order valence-electron chi connectivity index (χ2n) is 4.07. The highest BCUT2D eigenvalue weighted by molar-refractivity contribution is 5.24. The van der Waals surface area contributed by atoms with Crippen molar-refractivity contribution in [1.29, 1.82) is 0 Å². The van der Waals surface area contributed by atoms with Gasteiger partial charge in [0.15, 0.2) is 0 Å². The van der Waals surface area contributed by atoms with Crippen molar-refractivity contribution in [3.05, 3.63) is 35.4 Å². The molecule has 1 rings (SSSR count). The summed E-state index contributed by atoms with van der Waals surface area (Å²) in [6.45, 7) is 6.10. The lowest BCUT2D eigenvalue weighted by Crippen LogP contribution is -2.04. The normalized spacial score (nSPS) is 10.7. The summed E-state index contributed by atoms with van der Waals surface area (Å²) in [6, 6.07) is 5.22. The minimum atomic E-state index is -4.22. The van der Waals surface area contributed by atoms with E-state index in [1.54, 1.807) is 13.0 Å². The maximum absolute atomic E-state index is 12.0. The molecule has 0 aliphatic carbocycles. The van der Waals surface area contributed by atoms with Gasteiger partial charge in [-0.25, -0.2) is 0 Å². The topological polar surface area (TPSA) is 0 Å². The van der Waals surface area contributed by atoms with Crippen LogP contribution in [0.15, 0.2) is 24.3 Å². The second kappa shape index (κ2) is 8.15. The van der Waals surface area contributed by atoms with Gasteiger partial charge in [0.2, 0.25) is 0 Å². The molecule has 0 atom stereocenters. The van der Waals surface area contributed by atoms with Crippen LogP contribution >= 0.6 is 0 Å². The number of unbranched alkanes of at least 4 members (excludes halogenated alkanes) is 3. The summed E-state index contributed by atoms with van der Waals surface area (Å²) in [5.41, 5.74) is 0.0392. The number of hydrogen-bond acceptors (Lipinski definition) is 0. The predicted octanol–water partition coefficient (Wildman–Crippen LogP) is 5.60. The number of rotatable bonds is 3. The molecule has 0 heterocycles. The van der Waals surface area contributed by atoms with E-state index >= 15 is 0 Å². The average Bonchev–Trinajstić information content (AvgIpc) is 2.26. The van der Waals surface area contributed by atoms with E-state index in [0.717, 1.165) is 12.1 Å². The highest BCUT2D eigenvalue weighted by atomic mass is 19.4. The largest absolute Gasteiger partial charge is 0.416 e. The summed E-state index contributed by atoms with van der Waals surface area (Å²) in [5, 5.41) is 0. The first-order valence-corrected chi connectivity index (χ1v) is 6.05. The Kier molecular flexibility index (Phi) is 7.68. The molecule has 17 heavy (non-hydrogen) atoms. The Labute approximate surface area is 102 Å². The molecular formula is C14H21F3. The molecule has 1 aromatic carbocycles. The molecule has 0 saturated heterocycles. The van der Waals surface area contributed by atoms with E-state index in [0.29, 0.717) is 5.56 Å². The molecule has 0 saturated carbocycles. The van der Waals surface area contributed by atoms with Gasteiger partial charge in [-0.3, -0.25) is 0 Å². The van der Waals surface area contributed by atoms with Crippen LogP contribution in [-0.4, -0.2) is 0 Å². The van der Waals surface area contributed by atoms with Gasteiger partial charge in [-0.05, 0) is 13.0 Å². The summed E-state index contributed by atoms with van der Waals surface area (Å²) in [6.07, 6.45) is 1.32. The lowest BCUT2D eigenvalue weighted by molar-refractivity contribution is -0.137. The first-order valence-electron chi connectivity index (χ1n) is 6.05. The molecule has 0 radical (unpaired) electrons. The maximum Gasteiger partial charge on any atom is 0.416 e. The summed E-state index contributed by atoms with van der Waals surface area (Å²) < 4.78 is 35.9. The third-order valence-electron chi connectivity index (χ3n) is 2.30. The molecule has 3 heteroatoms. The SMILES string of the molecule is CCCCCC.Cc1cccc(C(F)(F)F)c1. The van der Waals surface area contributed by atoms with Crippen molar-refractivity contribution in [3.63, 3.8) is 0 Å². The van der Waals surface area contributed by atoms with Gasteiger partial charge in [0.25, 0.3) is 0 Å². The van der Waals surface area contributed by atoms with Crippen molar-refractivity contribution < 1.29 is 13.2 Å². The van der Waals surface area contributed by atoms with Crippen molar-refractivity contribution in [1.82, 2.24) is 0 Å². The van der Waals surface area contributed by atoms with Gasteiger partial charge in [0.1, 0.15) is 0 Å². The molecule has 0 unspecified atom stereocenters. The van der Waals surface area contributed by atoms with Crippen LogP contribution in [0, 0.1) is 6.92 Å². The van der Waals surface area contributed by atoms with Crippen LogP contribution in [0.5, 0.6) is 0 Å². The Bertz CT molecular complexity index is 299. The Morgan fingerprint density at radius 2 is 1.53 bits per heavy atom. The minimum absolute atomic E-state index is 0.586. The molecular weight excluding hydrogens is 225 g/mol. The Balaban J connectivity index is 0.000000366. The van der Waals surface area contributed by atoms with E-state index < -0.39 is 11.7 Å². The van der Waals surface area contributed by atoms with Crippen LogP contribution in [0.25, 0.3) is 0 Å². The van der Waals surface area contributed by atoms with Gasteiger partial charge < -0.3 is 0 Å². The highest BCUT2D eigenvalue weighted by Gasteiger charge is 2.29. The molecule has 0 fully saturated rings. The van der Waals surface area contributed by atoms with E-state index in [1.165, 1.54) is 31.7 Å². The van der Waals surface area contributed by atoms with Crippen LogP contribution in [0.4, 0.5) is 13.2 Å². The van der Waals surface area contributed by atoms with Gasteiger partial charge in [0, 0.05) is 0 Å². The molecule has 0 N–H and O–H groups in total. The fourth-order valence-electron chi connectivity index (χ4n) is 1.32. The van der Waals surface area contributed by atoms with E-state index in [-0.39, 0.29) is 0 Å². The minimum Gasteiger partial charge on any atom is -0.166 e. The standard InChI is InChI=1S/C8H7F3.C6H14/c1-6-3-2-4-7(5-6)8(9,10)11;1-3-5-6-4-2/h2-5H,1H3;3-6H2,1-2H3. The van der Waals surface area contributed by atoms with E-state index in [1.807, 2.05) is 0 Å². The van der Waals surface area contributed by atoms with Gasteiger partial charge in [0.05, 0.1) is 5.56 Å². The number of alkyl halides is 3. The molecule has 0 bridgehead atoms. The zero-order valence-corrected chi connectivity index (χ0v) is 10.8. The molecule has 0 nitrogen and oxygen atoms in total. The first-order chi connectivity index (χ1) is 7.91. The number of aryl methyl sites for hydroxylation is 1. The summed E-state index contributed by atoms with van der Waals surface area (Å²) in [5.74, 6) is 0. The van der Waals surface area contributed by atoms with E-state index in [4.69, 9.17) is 0 Å². The van der Waals surface area contributed by atoms with Crippen LogP contribution in [0.3, 0.4) is 0 Å². The van der Waals surface area contributed by atoms with Gasteiger partial charge in [-0.15, -0.1) is 0 Å². The highest BCUT2D eigenvalue weighted by Crippen LogP contribution is 2.29. The van der Waals surface area contributed by atoms with E-state index in [9.17, 15) is 13.2 Å². The van der Waals surface area contributed by atoms with Gasteiger partial charge in [-0.1, -0.05) is 63.3 Å². The van der Waals surface area contributed by atoms with Crippen molar-refractivity contribution >= 4 is 0 Å². The molecule has 0 spiro atoms. The zero-order valence-electron chi connectivity index (χ0n) is 10.8. The monoisotopic (exact) mass is 246 g/mol. The molecule has 0 aliphatic heterocycles. The van der Waals surface area contributed by atoms with Crippen molar-refractivity contribution in [2.45, 2.75) is 52.6 Å². The van der Waals surface area contributed by atoms with Crippen LogP contribution < -0.4 is 0 Å². The number of halogens is 3. The smallest absolute Gasteiger partial charge is 0.166 e. The first kappa shape index (κ1) is 16.0. The predicted molar refractivity (Wildman–Crippen MR) is 66.0 cm³/mol. The lowest BCUT2D eigenvalue weighted by Gasteiger charge is -2.05. The molecule has 1 aromatic rings. The fourth-order valence-corrected chi connectivity index (χ4v) is 1.32. The third kappa shape index (κ3) is 7.83. The van der Waals surface area contributed by atoms with Crippen LogP contribution in [-0.2, 0) is 6.18 Å². The maximum atomic E-state index is 12.0. The molecule has 0 aliphatic rings. The Morgan fingerprint density at radius 3 is 1.82 bits per heavy atom. The van der Waals surface area contributed by atoms with Crippen LogP contribution in [0.2, 0.25) is 0 Å². The van der Waals surface area contributed by atoms with Crippen molar-refractivity contribution in [2.75, 3.05) is 0 Å². The molecule has 98 valence electrons. The Hall–Kier alpha value is -0.990. The van der Waals surface area contributed by atoms with E-state index in [2.05, 4.69) is 13.8 Å². The van der Waals surface area contributed by atoms with Gasteiger partial charge >= 0.3 is 6.18 Å². The lowest BCUT2D eigenvalue weighted by atomic mass is 10.1. The zero-order chi connectivity index (χ0) is 13.3. The van der Waals surface area contributed by atoms with Crippen molar-refractivity contribution in [2.24, 2.45) is 0 Å². The Morgan fingerprint density at radius 1 is 1.00 bits per heavy atom. The summed E-state index contributed by atoms with van der Waals surface area (Å²) in [7, 11) is 0. The quantitative estimate of drug-likeness (QED) is 0.609. The average molecular weight is 246 g/mol. The number of benzene rings is 1. The van der Waals surface area contributed by atoms with Crippen LogP contribution in [0.1, 0.15) is 50.7 Å². The third-order valence-corrected chi connectivity index (χ3v) is 2.30. The summed E-state index contributed by atoms with van der Waals surface area (Å²) >= 11 is 0. The second-order valence-corrected chi connectivity index (χ2v) is 4.07. The molecule has 0 aromatic heterocycles. The fraction of sp³-hybridized carbons (Fsp3) is 0.571. The molecule has 0 amide bonds. The number of hydrogen-bond donors (Lipinski definition) is 0. The van der Waals surface area contributed by atoms with Gasteiger partial charge in [-0.2, -0.15) is 13.2 Å². The van der Waals surface area contributed by atoms with Crippen molar-refractivity contribution in [3.8, 4) is 0 Å². The summed E-state index contributed by atoms with van der Waals surface area (Å²) in [4.78, 5) is 0.